The van der Waals surface area contributed by atoms with Crippen LogP contribution in [0, 0.1) is 5.41 Å². The van der Waals surface area contributed by atoms with E-state index in [0.717, 1.165) is 12.5 Å². The molecule has 1 aromatic carbocycles. The number of methoxy groups -OCH3 is 1. The Balaban J connectivity index is 2.29. The first kappa shape index (κ1) is 15.6. The number of nitrogens with one attached hydrogen (secondary N) is 1. The summed E-state index contributed by atoms with van der Waals surface area (Å²) in [6.07, 6.45) is -2.51. The van der Waals surface area contributed by atoms with E-state index in [2.05, 4.69) is 5.32 Å². The van der Waals surface area contributed by atoms with E-state index in [-0.39, 0.29) is 18.0 Å². The maximum absolute atomic E-state index is 13.1. The number of nitrogens with two attached hydrogens (primary N) is 1. The summed E-state index contributed by atoms with van der Waals surface area (Å²) < 4.78 is 44.0. The summed E-state index contributed by atoms with van der Waals surface area (Å²) >= 11 is 0. The smallest absolute Gasteiger partial charge is 0.418 e. The molecule has 1 aliphatic rings. The minimum absolute atomic E-state index is 0.0810. The summed E-state index contributed by atoms with van der Waals surface area (Å²) in [5.41, 5.74) is 3.66. The van der Waals surface area contributed by atoms with Crippen LogP contribution in [-0.4, -0.2) is 19.6 Å². The molecule has 0 unspecified atom stereocenters. The van der Waals surface area contributed by atoms with E-state index in [1.807, 2.05) is 0 Å². The third-order valence-electron chi connectivity index (χ3n) is 3.96. The molecule has 0 saturated heterocycles. The van der Waals surface area contributed by atoms with Crippen LogP contribution >= 0.6 is 0 Å². The van der Waals surface area contributed by atoms with E-state index >= 15 is 0 Å². The molecule has 7 heteroatoms. The first-order valence-electron chi connectivity index (χ1n) is 6.59. The molecule has 21 heavy (non-hydrogen) atoms. The average molecular weight is 302 g/mol. The van der Waals surface area contributed by atoms with Gasteiger partial charge in [-0.3, -0.25) is 4.79 Å². The fourth-order valence-corrected chi connectivity index (χ4v) is 2.38. The highest BCUT2D eigenvalue weighted by Crippen LogP contribution is 2.42. The Hall–Kier alpha value is -1.76. The zero-order valence-electron chi connectivity index (χ0n) is 11.6. The zero-order valence-corrected chi connectivity index (χ0v) is 11.6. The second-order valence-electron chi connectivity index (χ2n) is 5.20. The number of carbonyl (C=O) groups excluding carboxylic acids is 1. The number of ether oxygens (including phenoxy) is 1. The molecule has 1 saturated carbocycles. The monoisotopic (exact) mass is 302 g/mol. The van der Waals surface area contributed by atoms with Gasteiger partial charge in [0.15, 0.2) is 0 Å². The van der Waals surface area contributed by atoms with E-state index < -0.39 is 23.1 Å². The topological polar surface area (TPSA) is 64.3 Å². The third-order valence-corrected chi connectivity index (χ3v) is 3.96. The fourth-order valence-electron chi connectivity index (χ4n) is 2.38. The molecular formula is C14H17F3N2O2. The minimum atomic E-state index is -4.58. The lowest BCUT2D eigenvalue weighted by atomic mass is 9.68. The summed E-state index contributed by atoms with van der Waals surface area (Å²) in [5.74, 6) is -0.371. The first-order chi connectivity index (χ1) is 9.82. The maximum Gasteiger partial charge on any atom is 0.418 e. The van der Waals surface area contributed by atoms with Gasteiger partial charge in [0.2, 0.25) is 5.91 Å². The number of carbonyl (C=O) groups is 1. The lowest BCUT2D eigenvalue weighted by Gasteiger charge is -2.39. The lowest BCUT2D eigenvalue weighted by molar-refractivity contribution is -0.137. The Kier molecular flexibility index (Phi) is 4.13. The molecule has 0 bridgehead atoms. The van der Waals surface area contributed by atoms with Crippen molar-refractivity contribution in [2.45, 2.75) is 25.4 Å². The largest absolute Gasteiger partial charge is 0.497 e. The Morgan fingerprint density at radius 3 is 2.52 bits per heavy atom. The Bertz CT molecular complexity index is 534. The number of alkyl halides is 3. The van der Waals surface area contributed by atoms with E-state index in [0.29, 0.717) is 12.8 Å². The van der Waals surface area contributed by atoms with Crippen molar-refractivity contribution in [2.75, 3.05) is 19.0 Å². The van der Waals surface area contributed by atoms with Crippen molar-refractivity contribution in [3.8, 4) is 5.75 Å². The standard InChI is InChI=1S/C14H17F3N2O2/c1-21-9-3-4-11(10(7-9)14(15,16)17)19-12(20)13(8-18)5-2-6-13/h3-4,7H,2,5-6,8,18H2,1H3,(H,19,20). The van der Waals surface area contributed by atoms with Gasteiger partial charge >= 0.3 is 6.18 Å². The predicted molar refractivity (Wildman–Crippen MR) is 72.0 cm³/mol. The van der Waals surface area contributed by atoms with Crippen molar-refractivity contribution >= 4 is 11.6 Å². The van der Waals surface area contributed by atoms with E-state index in [4.69, 9.17) is 10.5 Å². The fraction of sp³-hybridized carbons (Fsp3) is 0.500. The highest BCUT2D eigenvalue weighted by atomic mass is 19.4. The quantitative estimate of drug-likeness (QED) is 0.899. The van der Waals surface area contributed by atoms with Crippen LogP contribution in [0.25, 0.3) is 0 Å². The molecule has 0 atom stereocenters. The number of hydrogen-bond donors (Lipinski definition) is 2. The van der Waals surface area contributed by atoms with Gasteiger partial charge < -0.3 is 15.8 Å². The molecule has 116 valence electrons. The first-order valence-corrected chi connectivity index (χ1v) is 6.59. The Labute approximate surface area is 120 Å². The molecule has 3 N–H and O–H groups in total. The van der Waals surface area contributed by atoms with Gasteiger partial charge in [0.25, 0.3) is 0 Å². The van der Waals surface area contributed by atoms with Crippen LogP contribution < -0.4 is 15.8 Å². The normalized spacial score (nSPS) is 17.0. The van der Waals surface area contributed by atoms with E-state index in [9.17, 15) is 18.0 Å². The highest BCUT2D eigenvalue weighted by Gasteiger charge is 2.44. The summed E-state index contributed by atoms with van der Waals surface area (Å²) in [6.45, 7) is 0.135. The summed E-state index contributed by atoms with van der Waals surface area (Å²) in [6, 6.07) is 3.44. The Morgan fingerprint density at radius 2 is 2.10 bits per heavy atom. The third kappa shape index (κ3) is 2.97. The van der Waals surface area contributed by atoms with Gasteiger partial charge in [0.05, 0.1) is 23.8 Å². The second-order valence-corrected chi connectivity index (χ2v) is 5.20. The number of amides is 1. The van der Waals surface area contributed by atoms with E-state index in [1.54, 1.807) is 0 Å². The van der Waals surface area contributed by atoms with Crippen LogP contribution in [0.5, 0.6) is 5.75 Å². The van der Waals surface area contributed by atoms with Crippen molar-refractivity contribution in [3.05, 3.63) is 23.8 Å². The highest BCUT2D eigenvalue weighted by molar-refractivity contribution is 5.96. The van der Waals surface area contributed by atoms with Gasteiger partial charge in [-0.2, -0.15) is 13.2 Å². The van der Waals surface area contributed by atoms with E-state index in [1.165, 1.54) is 19.2 Å². The molecule has 2 rings (SSSR count). The number of hydrogen-bond acceptors (Lipinski definition) is 3. The van der Waals surface area contributed by atoms with Crippen molar-refractivity contribution in [1.29, 1.82) is 0 Å². The molecule has 1 amide bonds. The van der Waals surface area contributed by atoms with Gasteiger partial charge in [-0.25, -0.2) is 0 Å². The Morgan fingerprint density at radius 1 is 1.43 bits per heavy atom. The molecule has 0 spiro atoms. The van der Waals surface area contributed by atoms with Gasteiger partial charge in [-0.1, -0.05) is 6.42 Å². The van der Waals surface area contributed by atoms with Crippen LogP contribution in [0.4, 0.5) is 18.9 Å². The number of benzene rings is 1. The maximum atomic E-state index is 13.1. The molecule has 0 aromatic heterocycles. The van der Waals surface area contributed by atoms with Gasteiger partial charge in [0, 0.05) is 6.54 Å². The molecule has 4 nitrogen and oxygen atoms in total. The molecule has 0 aliphatic heterocycles. The summed E-state index contributed by atoms with van der Waals surface area (Å²) in [7, 11) is 1.28. The zero-order chi connectivity index (χ0) is 15.7. The molecule has 0 radical (unpaired) electrons. The number of anilines is 1. The van der Waals surface area contributed by atoms with Crippen LogP contribution in [0.1, 0.15) is 24.8 Å². The average Bonchev–Trinajstić information content (AvgIpc) is 2.37. The number of rotatable bonds is 4. The van der Waals surface area contributed by atoms with Crippen LogP contribution in [-0.2, 0) is 11.0 Å². The van der Waals surface area contributed by atoms with Crippen molar-refractivity contribution < 1.29 is 22.7 Å². The second kappa shape index (κ2) is 5.55. The SMILES string of the molecule is COc1ccc(NC(=O)C2(CN)CCC2)c(C(F)(F)F)c1. The summed E-state index contributed by atoms with van der Waals surface area (Å²) in [5, 5.41) is 2.37. The van der Waals surface area contributed by atoms with Crippen molar-refractivity contribution in [1.82, 2.24) is 0 Å². The molecule has 1 aliphatic carbocycles. The van der Waals surface area contributed by atoms with Gasteiger partial charge in [-0.15, -0.1) is 0 Å². The van der Waals surface area contributed by atoms with Crippen LogP contribution in [0.2, 0.25) is 0 Å². The molecular weight excluding hydrogens is 285 g/mol. The summed E-state index contributed by atoms with van der Waals surface area (Å²) in [4.78, 5) is 12.2. The van der Waals surface area contributed by atoms with Crippen molar-refractivity contribution in [2.24, 2.45) is 11.1 Å². The van der Waals surface area contributed by atoms with Gasteiger partial charge in [-0.05, 0) is 31.0 Å². The minimum Gasteiger partial charge on any atom is -0.497 e. The van der Waals surface area contributed by atoms with Gasteiger partial charge in [0.1, 0.15) is 5.75 Å². The molecule has 0 heterocycles. The molecule has 1 fully saturated rings. The van der Waals surface area contributed by atoms with Crippen LogP contribution in [0.3, 0.4) is 0 Å². The number of halogens is 3. The molecule has 1 aromatic rings. The van der Waals surface area contributed by atoms with Crippen molar-refractivity contribution in [3.63, 3.8) is 0 Å². The predicted octanol–water partition coefficient (Wildman–Crippen LogP) is 2.78. The lowest BCUT2D eigenvalue weighted by Crippen LogP contribution is -2.47. The van der Waals surface area contributed by atoms with Crippen LogP contribution in [0.15, 0.2) is 18.2 Å².